The highest BCUT2D eigenvalue weighted by Gasteiger charge is 2.31. The summed E-state index contributed by atoms with van der Waals surface area (Å²) in [6.45, 7) is 2.44. The Bertz CT molecular complexity index is 808. The van der Waals surface area contributed by atoms with Crippen molar-refractivity contribution in [3.05, 3.63) is 52.7 Å². The van der Waals surface area contributed by atoms with Crippen molar-refractivity contribution in [1.29, 1.82) is 0 Å². The molecule has 0 aliphatic carbocycles. The topological polar surface area (TPSA) is 54.5 Å². The second-order valence-electron chi connectivity index (χ2n) is 5.65. The fourth-order valence-electron chi connectivity index (χ4n) is 2.52. The van der Waals surface area contributed by atoms with Crippen molar-refractivity contribution in [1.82, 2.24) is 4.98 Å². The smallest absolute Gasteiger partial charge is 0.378 e. The van der Waals surface area contributed by atoms with E-state index in [4.69, 9.17) is 16.3 Å². The van der Waals surface area contributed by atoms with Crippen molar-refractivity contribution in [2.45, 2.75) is 6.18 Å². The maximum Gasteiger partial charge on any atom is 0.416 e. The minimum absolute atomic E-state index is 0.0220. The van der Waals surface area contributed by atoms with Gasteiger partial charge in [-0.25, -0.2) is 4.98 Å². The summed E-state index contributed by atoms with van der Waals surface area (Å²) in [5.74, 6) is 0.0409. The van der Waals surface area contributed by atoms with Gasteiger partial charge < -0.3 is 15.0 Å². The van der Waals surface area contributed by atoms with Crippen molar-refractivity contribution in [3.8, 4) is 0 Å². The van der Waals surface area contributed by atoms with Crippen molar-refractivity contribution in [3.63, 3.8) is 0 Å². The van der Waals surface area contributed by atoms with Gasteiger partial charge in [-0.1, -0.05) is 11.6 Å². The number of halogens is 4. The molecule has 1 aromatic heterocycles. The number of nitrogens with zero attached hydrogens (tertiary/aromatic N) is 2. The van der Waals surface area contributed by atoms with E-state index in [0.717, 1.165) is 18.2 Å². The van der Waals surface area contributed by atoms with E-state index in [1.54, 1.807) is 6.07 Å². The van der Waals surface area contributed by atoms with Gasteiger partial charge >= 0.3 is 6.18 Å². The molecule has 2 heterocycles. The Hall–Kier alpha value is -2.32. The molecule has 9 heteroatoms. The summed E-state index contributed by atoms with van der Waals surface area (Å²) < 4.78 is 43.8. The molecule has 1 saturated heterocycles. The number of benzene rings is 1. The van der Waals surface area contributed by atoms with Gasteiger partial charge in [-0.3, -0.25) is 4.79 Å². The highest BCUT2D eigenvalue weighted by Crippen LogP contribution is 2.34. The van der Waals surface area contributed by atoms with Gasteiger partial charge in [0.1, 0.15) is 5.82 Å². The first-order valence-corrected chi connectivity index (χ1v) is 8.19. The monoisotopic (exact) mass is 385 g/mol. The van der Waals surface area contributed by atoms with E-state index < -0.39 is 17.6 Å². The number of nitrogens with one attached hydrogen (secondary N) is 1. The molecule has 0 bridgehead atoms. The van der Waals surface area contributed by atoms with Gasteiger partial charge in [-0.15, -0.1) is 0 Å². The normalized spacial score (nSPS) is 15.0. The number of carbonyl (C=O) groups excluding carboxylic acids is 1. The molecule has 0 atom stereocenters. The molecule has 5 nitrogen and oxygen atoms in total. The molecule has 1 fully saturated rings. The first-order valence-electron chi connectivity index (χ1n) is 7.81. The molecule has 1 aliphatic heterocycles. The number of carbonyl (C=O) groups is 1. The largest absolute Gasteiger partial charge is 0.416 e. The summed E-state index contributed by atoms with van der Waals surface area (Å²) in [7, 11) is 0. The van der Waals surface area contributed by atoms with E-state index in [-0.39, 0.29) is 16.3 Å². The van der Waals surface area contributed by atoms with Crippen LogP contribution in [0.4, 0.5) is 24.7 Å². The quantitative estimate of drug-likeness (QED) is 0.872. The van der Waals surface area contributed by atoms with Crippen molar-refractivity contribution >= 4 is 29.0 Å². The van der Waals surface area contributed by atoms with Crippen LogP contribution in [0.3, 0.4) is 0 Å². The predicted octanol–water partition coefficient (Wildman–Crippen LogP) is 3.84. The molecule has 2 aromatic rings. The lowest BCUT2D eigenvalue weighted by Gasteiger charge is -2.27. The Morgan fingerprint density at radius 2 is 1.92 bits per heavy atom. The summed E-state index contributed by atoms with van der Waals surface area (Å²) in [6.07, 6.45) is -3.04. The fraction of sp³-hybridized carbons (Fsp3) is 0.294. The maximum absolute atomic E-state index is 12.8. The lowest BCUT2D eigenvalue weighted by Crippen LogP contribution is -2.36. The molecule has 1 N–H and O–H groups in total. The van der Waals surface area contributed by atoms with Crippen LogP contribution >= 0.6 is 11.6 Å². The molecule has 138 valence electrons. The fourth-order valence-corrected chi connectivity index (χ4v) is 2.68. The van der Waals surface area contributed by atoms with Gasteiger partial charge in [0.05, 0.1) is 29.5 Å². The summed E-state index contributed by atoms with van der Waals surface area (Å²) in [5.41, 5.74) is -0.716. The lowest BCUT2D eigenvalue weighted by molar-refractivity contribution is -0.137. The maximum atomic E-state index is 12.8. The van der Waals surface area contributed by atoms with Crippen LogP contribution in [0.25, 0.3) is 0 Å². The SMILES string of the molecule is O=C(Nc1cc(C(F)(F)F)ccc1Cl)c1ccnc(N2CCOCC2)c1. The second-order valence-corrected chi connectivity index (χ2v) is 6.06. The average molecular weight is 386 g/mol. The van der Waals surface area contributed by atoms with Crippen LogP contribution < -0.4 is 10.2 Å². The predicted molar refractivity (Wildman–Crippen MR) is 91.7 cm³/mol. The zero-order valence-electron chi connectivity index (χ0n) is 13.5. The number of amides is 1. The van der Waals surface area contributed by atoms with Crippen molar-refractivity contribution in [2.24, 2.45) is 0 Å². The zero-order valence-corrected chi connectivity index (χ0v) is 14.3. The van der Waals surface area contributed by atoms with Crippen LogP contribution in [0.2, 0.25) is 5.02 Å². The second kappa shape index (κ2) is 7.51. The van der Waals surface area contributed by atoms with Crippen molar-refractivity contribution in [2.75, 3.05) is 36.5 Å². The van der Waals surface area contributed by atoms with E-state index in [9.17, 15) is 18.0 Å². The Balaban J connectivity index is 1.80. The highest BCUT2D eigenvalue weighted by molar-refractivity contribution is 6.34. The number of rotatable bonds is 3. The Morgan fingerprint density at radius 3 is 2.62 bits per heavy atom. The molecule has 26 heavy (non-hydrogen) atoms. The highest BCUT2D eigenvalue weighted by atomic mass is 35.5. The molecule has 0 unspecified atom stereocenters. The van der Waals surface area contributed by atoms with E-state index in [0.29, 0.717) is 32.1 Å². The Kier molecular flexibility index (Phi) is 5.33. The number of alkyl halides is 3. The van der Waals surface area contributed by atoms with Crippen LogP contribution in [-0.4, -0.2) is 37.2 Å². The summed E-state index contributed by atoms with van der Waals surface area (Å²) in [6, 6.07) is 5.85. The summed E-state index contributed by atoms with van der Waals surface area (Å²) >= 11 is 5.91. The van der Waals surface area contributed by atoms with Gasteiger partial charge in [0.25, 0.3) is 5.91 Å². The third kappa shape index (κ3) is 4.25. The van der Waals surface area contributed by atoms with Crippen LogP contribution in [0, 0.1) is 0 Å². The molecule has 0 radical (unpaired) electrons. The van der Waals surface area contributed by atoms with Gasteiger partial charge in [0.15, 0.2) is 0 Å². The van der Waals surface area contributed by atoms with Crippen LogP contribution in [0.15, 0.2) is 36.5 Å². The molecule has 1 amide bonds. The van der Waals surface area contributed by atoms with Crippen molar-refractivity contribution < 1.29 is 22.7 Å². The molecule has 3 rings (SSSR count). The van der Waals surface area contributed by atoms with E-state index in [1.807, 2.05) is 4.90 Å². The molecule has 1 aromatic carbocycles. The molecule has 1 aliphatic rings. The summed E-state index contributed by atoms with van der Waals surface area (Å²) in [4.78, 5) is 18.6. The number of morpholine rings is 1. The van der Waals surface area contributed by atoms with Crippen LogP contribution in [-0.2, 0) is 10.9 Å². The Morgan fingerprint density at radius 1 is 1.19 bits per heavy atom. The minimum Gasteiger partial charge on any atom is -0.378 e. The average Bonchev–Trinajstić information content (AvgIpc) is 2.63. The third-order valence-electron chi connectivity index (χ3n) is 3.88. The zero-order chi connectivity index (χ0) is 18.7. The number of pyridine rings is 1. The first kappa shape index (κ1) is 18.5. The van der Waals surface area contributed by atoms with E-state index >= 15 is 0 Å². The number of hydrogen-bond donors (Lipinski definition) is 1. The van der Waals surface area contributed by atoms with Gasteiger partial charge in [0, 0.05) is 24.8 Å². The van der Waals surface area contributed by atoms with Gasteiger partial charge in [0.2, 0.25) is 0 Å². The number of aromatic nitrogens is 1. The molecular formula is C17H15ClF3N3O2. The van der Waals surface area contributed by atoms with E-state index in [2.05, 4.69) is 10.3 Å². The van der Waals surface area contributed by atoms with E-state index in [1.165, 1.54) is 12.3 Å². The van der Waals surface area contributed by atoms with Gasteiger partial charge in [-0.2, -0.15) is 13.2 Å². The lowest BCUT2D eigenvalue weighted by atomic mass is 10.1. The molecule has 0 saturated carbocycles. The standard InChI is InChI=1S/C17H15ClF3N3O2/c18-13-2-1-12(17(19,20)21)10-14(13)23-16(25)11-3-4-22-15(9-11)24-5-7-26-8-6-24/h1-4,9-10H,5-8H2,(H,23,25). The third-order valence-corrected chi connectivity index (χ3v) is 4.21. The molecule has 0 spiro atoms. The Labute approximate surface area is 152 Å². The number of hydrogen-bond acceptors (Lipinski definition) is 4. The summed E-state index contributed by atoms with van der Waals surface area (Å²) in [5, 5.41) is 2.45. The van der Waals surface area contributed by atoms with Crippen LogP contribution in [0.1, 0.15) is 15.9 Å². The number of ether oxygens (including phenoxy) is 1. The minimum atomic E-state index is -4.52. The first-order chi connectivity index (χ1) is 12.3. The van der Waals surface area contributed by atoms with Crippen LogP contribution in [0.5, 0.6) is 0 Å². The van der Waals surface area contributed by atoms with Gasteiger partial charge in [-0.05, 0) is 30.3 Å². The number of anilines is 2. The molecular weight excluding hydrogens is 371 g/mol.